The number of carbonyl (C=O) groups excluding carboxylic acids is 3. The standard InChI is InChI=1S/C17H15FN2O3/c18-12-3-5-13(6-4-12)19-17(23)11-1-7-14(8-2-11)20-15(21)9-10-16(20)22/h1-7,14H,8-10H2,(H,19,23). The Kier molecular flexibility index (Phi) is 4.06. The Bertz CT molecular complexity index is 706. The molecule has 23 heavy (non-hydrogen) atoms. The van der Waals surface area contributed by atoms with E-state index in [4.69, 9.17) is 0 Å². The van der Waals surface area contributed by atoms with Gasteiger partial charge in [0.25, 0.3) is 5.91 Å². The first-order valence-electron chi connectivity index (χ1n) is 7.35. The maximum atomic E-state index is 12.8. The molecular weight excluding hydrogens is 299 g/mol. The van der Waals surface area contributed by atoms with Crippen molar-refractivity contribution in [2.75, 3.05) is 5.32 Å². The number of hydrogen-bond donors (Lipinski definition) is 1. The summed E-state index contributed by atoms with van der Waals surface area (Å²) in [5.41, 5.74) is 0.947. The molecule has 1 aromatic carbocycles. The van der Waals surface area contributed by atoms with Crippen LogP contribution >= 0.6 is 0 Å². The third-order valence-corrected chi connectivity index (χ3v) is 3.86. The monoisotopic (exact) mass is 314 g/mol. The normalized spacial score (nSPS) is 20.7. The van der Waals surface area contributed by atoms with Gasteiger partial charge in [-0.2, -0.15) is 0 Å². The molecule has 1 N–H and O–H groups in total. The predicted molar refractivity (Wildman–Crippen MR) is 81.7 cm³/mol. The van der Waals surface area contributed by atoms with E-state index in [1.165, 1.54) is 29.2 Å². The van der Waals surface area contributed by atoms with Crippen LogP contribution in [0.2, 0.25) is 0 Å². The second-order valence-electron chi connectivity index (χ2n) is 5.44. The van der Waals surface area contributed by atoms with Crippen LogP contribution in [0, 0.1) is 5.82 Å². The molecule has 1 fully saturated rings. The zero-order valence-corrected chi connectivity index (χ0v) is 12.3. The van der Waals surface area contributed by atoms with E-state index < -0.39 is 0 Å². The maximum Gasteiger partial charge on any atom is 0.255 e. The predicted octanol–water partition coefficient (Wildman–Crippen LogP) is 2.17. The second-order valence-corrected chi connectivity index (χ2v) is 5.44. The van der Waals surface area contributed by atoms with Crippen molar-refractivity contribution in [1.29, 1.82) is 0 Å². The molecule has 1 unspecified atom stereocenters. The SMILES string of the molecule is O=C(Nc1ccc(F)cc1)C1=CCC(N2C(=O)CCC2=O)C=C1. The molecular formula is C17H15FN2O3. The molecule has 118 valence electrons. The maximum absolute atomic E-state index is 12.8. The number of anilines is 1. The van der Waals surface area contributed by atoms with Crippen LogP contribution in [0.25, 0.3) is 0 Å². The van der Waals surface area contributed by atoms with E-state index in [9.17, 15) is 18.8 Å². The first-order chi connectivity index (χ1) is 11.0. The molecule has 1 aliphatic carbocycles. The highest BCUT2D eigenvalue weighted by molar-refractivity contribution is 6.06. The molecule has 6 heteroatoms. The fourth-order valence-electron chi connectivity index (χ4n) is 2.67. The molecule has 1 saturated heterocycles. The summed E-state index contributed by atoms with van der Waals surface area (Å²) < 4.78 is 12.8. The summed E-state index contributed by atoms with van der Waals surface area (Å²) >= 11 is 0. The third-order valence-electron chi connectivity index (χ3n) is 3.86. The third kappa shape index (κ3) is 3.21. The number of nitrogens with zero attached hydrogens (tertiary/aromatic N) is 1. The van der Waals surface area contributed by atoms with Crippen molar-refractivity contribution >= 4 is 23.4 Å². The molecule has 5 nitrogen and oxygen atoms in total. The van der Waals surface area contributed by atoms with Gasteiger partial charge in [0.05, 0.1) is 6.04 Å². The van der Waals surface area contributed by atoms with Gasteiger partial charge in [-0.3, -0.25) is 19.3 Å². The molecule has 0 bridgehead atoms. The number of likely N-dealkylation sites (tertiary alicyclic amines) is 1. The topological polar surface area (TPSA) is 66.5 Å². The minimum absolute atomic E-state index is 0.169. The Balaban J connectivity index is 1.64. The van der Waals surface area contributed by atoms with Crippen molar-refractivity contribution in [3.8, 4) is 0 Å². The summed E-state index contributed by atoms with van der Waals surface area (Å²) in [5.74, 6) is -1.03. The summed E-state index contributed by atoms with van der Waals surface area (Å²) in [6.45, 7) is 0. The number of amides is 3. The van der Waals surface area contributed by atoms with Crippen LogP contribution in [0.3, 0.4) is 0 Å². The number of nitrogens with one attached hydrogen (secondary N) is 1. The average molecular weight is 314 g/mol. The van der Waals surface area contributed by atoms with Crippen molar-refractivity contribution in [2.24, 2.45) is 0 Å². The van der Waals surface area contributed by atoms with Crippen LogP contribution in [0.1, 0.15) is 19.3 Å². The van der Waals surface area contributed by atoms with E-state index in [0.29, 0.717) is 17.7 Å². The summed E-state index contributed by atoms with van der Waals surface area (Å²) in [4.78, 5) is 36.8. The Morgan fingerprint density at radius 2 is 1.78 bits per heavy atom. The number of halogens is 1. The molecule has 2 aliphatic rings. The lowest BCUT2D eigenvalue weighted by Gasteiger charge is -2.24. The van der Waals surface area contributed by atoms with Gasteiger partial charge in [0.2, 0.25) is 11.8 Å². The van der Waals surface area contributed by atoms with Gasteiger partial charge in [0.1, 0.15) is 5.82 Å². The smallest absolute Gasteiger partial charge is 0.255 e. The quantitative estimate of drug-likeness (QED) is 0.870. The number of imide groups is 1. The van der Waals surface area contributed by atoms with Gasteiger partial charge in [0, 0.05) is 24.1 Å². The fourth-order valence-corrected chi connectivity index (χ4v) is 2.67. The minimum atomic E-state index is -0.373. The van der Waals surface area contributed by atoms with Crippen LogP contribution < -0.4 is 5.32 Å². The zero-order valence-electron chi connectivity index (χ0n) is 12.3. The largest absolute Gasteiger partial charge is 0.322 e. The van der Waals surface area contributed by atoms with E-state index in [0.717, 1.165) is 0 Å². The van der Waals surface area contributed by atoms with Gasteiger partial charge in [-0.15, -0.1) is 0 Å². The summed E-state index contributed by atoms with van der Waals surface area (Å²) in [5, 5.41) is 2.67. The Labute approximate surface area is 132 Å². The number of rotatable bonds is 3. The zero-order chi connectivity index (χ0) is 16.4. The van der Waals surface area contributed by atoms with E-state index in [2.05, 4.69) is 5.32 Å². The molecule has 0 aromatic heterocycles. The highest BCUT2D eigenvalue weighted by atomic mass is 19.1. The number of carbonyl (C=O) groups is 3. The molecule has 1 aliphatic heterocycles. The van der Waals surface area contributed by atoms with Crippen molar-refractivity contribution in [3.05, 3.63) is 53.9 Å². The van der Waals surface area contributed by atoms with Gasteiger partial charge < -0.3 is 5.32 Å². The van der Waals surface area contributed by atoms with Crippen molar-refractivity contribution < 1.29 is 18.8 Å². The van der Waals surface area contributed by atoms with E-state index in [1.54, 1.807) is 18.2 Å². The van der Waals surface area contributed by atoms with Crippen LogP contribution in [-0.4, -0.2) is 28.7 Å². The van der Waals surface area contributed by atoms with Crippen LogP contribution in [0.5, 0.6) is 0 Å². The van der Waals surface area contributed by atoms with Crippen molar-refractivity contribution in [1.82, 2.24) is 4.90 Å². The molecule has 0 spiro atoms. The number of hydrogen-bond acceptors (Lipinski definition) is 3. The Morgan fingerprint density at radius 1 is 1.13 bits per heavy atom. The molecule has 3 amide bonds. The van der Waals surface area contributed by atoms with Gasteiger partial charge in [-0.25, -0.2) is 4.39 Å². The summed E-state index contributed by atoms with van der Waals surface area (Å²) in [7, 11) is 0. The number of benzene rings is 1. The van der Waals surface area contributed by atoms with Crippen molar-refractivity contribution in [3.63, 3.8) is 0 Å². The summed E-state index contributed by atoms with van der Waals surface area (Å²) in [6, 6.07) is 5.16. The molecule has 1 atom stereocenters. The van der Waals surface area contributed by atoms with Crippen LogP contribution in [0.15, 0.2) is 48.1 Å². The van der Waals surface area contributed by atoms with Gasteiger partial charge in [0.15, 0.2) is 0 Å². The average Bonchev–Trinajstić information content (AvgIpc) is 2.88. The lowest BCUT2D eigenvalue weighted by atomic mass is 10.0. The molecule has 1 aromatic rings. The second kappa shape index (κ2) is 6.16. The first kappa shape index (κ1) is 15.1. The van der Waals surface area contributed by atoms with Gasteiger partial charge >= 0.3 is 0 Å². The van der Waals surface area contributed by atoms with E-state index >= 15 is 0 Å². The lowest BCUT2D eigenvalue weighted by molar-refractivity contribution is -0.139. The molecule has 0 saturated carbocycles. The van der Waals surface area contributed by atoms with Gasteiger partial charge in [-0.05, 0) is 30.7 Å². The summed E-state index contributed by atoms with van der Waals surface area (Å²) in [6.07, 6.45) is 5.92. The lowest BCUT2D eigenvalue weighted by Crippen LogP contribution is -2.38. The first-order valence-corrected chi connectivity index (χ1v) is 7.35. The van der Waals surface area contributed by atoms with E-state index in [1.807, 2.05) is 0 Å². The highest BCUT2D eigenvalue weighted by Gasteiger charge is 2.34. The molecule has 1 heterocycles. The van der Waals surface area contributed by atoms with Crippen LogP contribution in [0.4, 0.5) is 10.1 Å². The van der Waals surface area contributed by atoms with Crippen molar-refractivity contribution in [2.45, 2.75) is 25.3 Å². The Morgan fingerprint density at radius 3 is 2.35 bits per heavy atom. The highest BCUT2D eigenvalue weighted by Crippen LogP contribution is 2.23. The molecule has 0 radical (unpaired) electrons. The fraction of sp³-hybridized carbons (Fsp3) is 0.235. The van der Waals surface area contributed by atoms with Gasteiger partial charge in [-0.1, -0.05) is 18.2 Å². The van der Waals surface area contributed by atoms with Crippen LogP contribution in [-0.2, 0) is 14.4 Å². The van der Waals surface area contributed by atoms with E-state index in [-0.39, 0.29) is 42.4 Å². The molecule has 3 rings (SSSR count). The minimum Gasteiger partial charge on any atom is -0.322 e. The Hall–Kier alpha value is -2.76.